The van der Waals surface area contributed by atoms with E-state index in [9.17, 15) is 0 Å². The van der Waals surface area contributed by atoms with E-state index in [1.165, 1.54) is 5.56 Å². The van der Waals surface area contributed by atoms with Crippen LogP contribution >= 0.6 is 0 Å². The van der Waals surface area contributed by atoms with Gasteiger partial charge < -0.3 is 10.1 Å². The van der Waals surface area contributed by atoms with Crippen molar-refractivity contribution in [2.45, 2.75) is 33.4 Å². The SMILES string of the molecule is CCCOc1ccc(CNc2cnn(CC)c2)cc1. The Morgan fingerprint density at radius 2 is 2.00 bits per heavy atom. The molecule has 1 heterocycles. The number of nitrogens with zero attached hydrogens (tertiary/aromatic N) is 2. The molecule has 2 rings (SSSR count). The standard InChI is InChI=1S/C15H21N3O/c1-3-9-19-15-7-5-13(6-8-15)10-16-14-11-17-18(4-2)12-14/h5-8,11-12,16H,3-4,9-10H2,1-2H3. The summed E-state index contributed by atoms with van der Waals surface area (Å²) in [5.74, 6) is 0.935. The molecule has 19 heavy (non-hydrogen) atoms. The smallest absolute Gasteiger partial charge is 0.119 e. The van der Waals surface area contributed by atoms with Crippen molar-refractivity contribution < 1.29 is 4.74 Å². The third-order valence-corrected chi connectivity index (χ3v) is 2.85. The molecule has 0 aliphatic heterocycles. The fraction of sp³-hybridized carbons (Fsp3) is 0.400. The average molecular weight is 259 g/mol. The van der Waals surface area contributed by atoms with Gasteiger partial charge in [-0.3, -0.25) is 4.68 Å². The van der Waals surface area contributed by atoms with Gasteiger partial charge in [-0.1, -0.05) is 19.1 Å². The molecule has 1 aromatic carbocycles. The molecule has 0 bridgehead atoms. The third kappa shape index (κ3) is 4.02. The number of hydrogen-bond acceptors (Lipinski definition) is 3. The lowest BCUT2D eigenvalue weighted by Gasteiger charge is -2.07. The summed E-state index contributed by atoms with van der Waals surface area (Å²) in [5, 5.41) is 7.58. The van der Waals surface area contributed by atoms with E-state index in [2.05, 4.69) is 36.4 Å². The minimum Gasteiger partial charge on any atom is -0.494 e. The Kier molecular flexibility index (Phi) is 4.84. The molecule has 0 atom stereocenters. The number of hydrogen-bond donors (Lipinski definition) is 1. The van der Waals surface area contributed by atoms with Crippen LogP contribution in [0.2, 0.25) is 0 Å². The molecule has 0 saturated carbocycles. The van der Waals surface area contributed by atoms with Crippen molar-refractivity contribution in [2.24, 2.45) is 0 Å². The van der Waals surface area contributed by atoms with Crippen LogP contribution in [-0.2, 0) is 13.1 Å². The minimum atomic E-state index is 0.772. The number of aryl methyl sites for hydroxylation is 1. The van der Waals surface area contributed by atoms with Crippen molar-refractivity contribution in [3.05, 3.63) is 42.2 Å². The molecule has 0 fully saturated rings. The lowest BCUT2D eigenvalue weighted by molar-refractivity contribution is 0.317. The first-order valence-corrected chi connectivity index (χ1v) is 6.80. The van der Waals surface area contributed by atoms with Crippen LogP contribution in [0.1, 0.15) is 25.8 Å². The number of anilines is 1. The van der Waals surface area contributed by atoms with Gasteiger partial charge in [0, 0.05) is 19.3 Å². The molecular formula is C15H21N3O. The molecule has 0 aliphatic carbocycles. The highest BCUT2D eigenvalue weighted by molar-refractivity contribution is 5.39. The van der Waals surface area contributed by atoms with Crippen LogP contribution in [0.25, 0.3) is 0 Å². The van der Waals surface area contributed by atoms with E-state index >= 15 is 0 Å². The summed E-state index contributed by atoms with van der Waals surface area (Å²) in [7, 11) is 0. The van der Waals surface area contributed by atoms with Gasteiger partial charge in [-0.05, 0) is 31.0 Å². The van der Waals surface area contributed by atoms with Crippen LogP contribution in [0.4, 0.5) is 5.69 Å². The van der Waals surface area contributed by atoms with Crippen LogP contribution in [0.15, 0.2) is 36.7 Å². The van der Waals surface area contributed by atoms with Gasteiger partial charge in [0.2, 0.25) is 0 Å². The van der Waals surface area contributed by atoms with E-state index in [1.807, 2.05) is 29.2 Å². The molecule has 0 unspecified atom stereocenters. The molecule has 2 aromatic rings. The van der Waals surface area contributed by atoms with E-state index in [0.717, 1.165) is 37.6 Å². The van der Waals surface area contributed by atoms with Gasteiger partial charge in [0.15, 0.2) is 0 Å². The molecule has 4 nitrogen and oxygen atoms in total. The van der Waals surface area contributed by atoms with E-state index < -0.39 is 0 Å². The van der Waals surface area contributed by atoms with Gasteiger partial charge in [0.05, 0.1) is 18.5 Å². The molecule has 1 N–H and O–H groups in total. The Bertz CT molecular complexity index is 490. The molecule has 0 amide bonds. The Hall–Kier alpha value is -1.97. The first-order chi connectivity index (χ1) is 9.31. The zero-order chi connectivity index (χ0) is 13.5. The number of rotatable bonds is 7. The first-order valence-electron chi connectivity index (χ1n) is 6.80. The third-order valence-electron chi connectivity index (χ3n) is 2.85. The lowest BCUT2D eigenvalue weighted by Crippen LogP contribution is -1.99. The summed E-state index contributed by atoms with van der Waals surface area (Å²) in [4.78, 5) is 0. The first kappa shape index (κ1) is 13.5. The zero-order valence-corrected chi connectivity index (χ0v) is 11.6. The molecule has 0 radical (unpaired) electrons. The van der Waals surface area contributed by atoms with Gasteiger partial charge in [-0.2, -0.15) is 5.10 Å². The van der Waals surface area contributed by atoms with E-state index in [1.54, 1.807) is 0 Å². The normalized spacial score (nSPS) is 10.4. The number of benzene rings is 1. The summed E-state index contributed by atoms with van der Waals surface area (Å²) in [6.45, 7) is 6.64. The summed E-state index contributed by atoms with van der Waals surface area (Å²) in [6.07, 6.45) is 4.89. The predicted octanol–water partition coefficient (Wildman–Crippen LogP) is 3.30. The molecule has 4 heteroatoms. The topological polar surface area (TPSA) is 39.1 Å². The van der Waals surface area contributed by atoms with E-state index in [-0.39, 0.29) is 0 Å². The number of aromatic nitrogens is 2. The van der Waals surface area contributed by atoms with Crippen LogP contribution < -0.4 is 10.1 Å². The second kappa shape index (κ2) is 6.83. The summed E-state index contributed by atoms with van der Waals surface area (Å²) >= 11 is 0. The van der Waals surface area contributed by atoms with Crippen LogP contribution in [0.3, 0.4) is 0 Å². The van der Waals surface area contributed by atoms with Crippen molar-refractivity contribution in [1.82, 2.24) is 9.78 Å². The number of nitrogens with one attached hydrogen (secondary N) is 1. The highest BCUT2D eigenvalue weighted by Crippen LogP contribution is 2.14. The van der Waals surface area contributed by atoms with Crippen molar-refractivity contribution in [3.63, 3.8) is 0 Å². The maximum absolute atomic E-state index is 5.56. The summed E-state index contributed by atoms with van der Waals surface area (Å²) < 4.78 is 7.46. The predicted molar refractivity (Wildman–Crippen MR) is 77.5 cm³/mol. The molecular weight excluding hydrogens is 238 g/mol. The van der Waals surface area contributed by atoms with Crippen LogP contribution in [0, 0.1) is 0 Å². The van der Waals surface area contributed by atoms with E-state index in [4.69, 9.17) is 4.74 Å². The molecule has 0 aliphatic rings. The molecule has 0 spiro atoms. The molecule has 102 valence electrons. The summed E-state index contributed by atoms with van der Waals surface area (Å²) in [6, 6.07) is 8.20. The minimum absolute atomic E-state index is 0.772. The Morgan fingerprint density at radius 1 is 1.21 bits per heavy atom. The zero-order valence-electron chi connectivity index (χ0n) is 11.6. The van der Waals surface area contributed by atoms with Crippen molar-refractivity contribution in [2.75, 3.05) is 11.9 Å². The van der Waals surface area contributed by atoms with Gasteiger partial charge in [-0.15, -0.1) is 0 Å². The second-order valence-corrected chi connectivity index (χ2v) is 4.43. The number of ether oxygens (including phenoxy) is 1. The van der Waals surface area contributed by atoms with Gasteiger partial charge in [0.25, 0.3) is 0 Å². The van der Waals surface area contributed by atoms with Gasteiger partial charge in [0.1, 0.15) is 5.75 Å². The van der Waals surface area contributed by atoms with E-state index in [0.29, 0.717) is 0 Å². The maximum atomic E-state index is 5.56. The highest BCUT2D eigenvalue weighted by Gasteiger charge is 1.98. The monoisotopic (exact) mass is 259 g/mol. The van der Waals surface area contributed by atoms with Crippen LogP contribution in [0.5, 0.6) is 5.75 Å². The largest absolute Gasteiger partial charge is 0.494 e. The summed E-state index contributed by atoms with van der Waals surface area (Å²) in [5.41, 5.74) is 2.28. The van der Waals surface area contributed by atoms with Crippen molar-refractivity contribution in [1.29, 1.82) is 0 Å². The van der Waals surface area contributed by atoms with Gasteiger partial charge in [-0.25, -0.2) is 0 Å². The van der Waals surface area contributed by atoms with Crippen LogP contribution in [-0.4, -0.2) is 16.4 Å². The van der Waals surface area contributed by atoms with Crippen molar-refractivity contribution in [3.8, 4) is 5.75 Å². The van der Waals surface area contributed by atoms with Gasteiger partial charge >= 0.3 is 0 Å². The Balaban J connectivity index is 1.85. The second-order valence-electron chi connectivity index (χ2n) is 4.43. The fourth-order valence-corrected chi connectivity index (χ4v) is 1.76. The molecule has 0 saturated heterocycles. The average Bonchev–Trinajstić information content (AvgIpc) is 2.92. The lowest BCUT2D eigenvalue weighted by atomic mass is 10.2. The quantitative estimate of drug-likeness (QED) is 0.829. The highest BCUT2D eigenvalue weighted by atomic mass is 16.5. The fourth-order valence-electron chi connectivity index (χ4n) is 1.76. The Morgan fingerprint density at radius 3 is 2.63 bits per heavy atom. The molecule has 1 aromatic heterocycles. The Labute approximate surface area is 114 Å². The van der Waals surface area contributed by atoms with Crippen molar-refractivity contribution >= 4 is 5.69 Å². The maximum Gasteiger partial charge on any atom is 0.119 e.